The molecule has 0 atom stereocenters. The Labute approximate surface area is 148 Å². The average molecular weight is 338 g/mol. The number of hydrogen-bond donors (Lipinski definition) is 1. The number of benzene rings is 3. The van der Waals surface area contributed by atoms with Crippen molar-refractivity contribution >= 4 is 28.7 Å². The highest BCUT2D eigenvalue weighted by Gasteiger charge is 2.22. The lowest BCUT2D eigenvalue weighted by atomic mass is 10.0. The number of aromatic amines is 1. The number of nitrogens with one attached hydrogen (secondary N) is 1. The van der Waals surface area contributed by atoms with Crippen molar-refractivity contribution in [1.82, 2.24) is 9.97 Å². The van der Waals surface area contributed by atoms with Gasteiger partial charge < -0.3 is 9.72 Å². The molecule has 3 aromatic carbocycles. The molecule has 4 aromatic rings. The van der Waals surface area contributed by atoms with Crippen LogP contribution in [0.4, 0.5) is 11.6 Å². The summed E-state index contributed by atoms with van der Waals surface area (Å²) in [6.45, 7) is 0.556. The number of imidazole rings is 1. The molecular weight excluding hydrogens is 324 g/mol. The molecule has 0 saturated carbocycles. The minimum atomic E-state index is 0.556. The van der Waals surface area contributed by atoms with Crippen molar-refractivity contribution in [2.45, 2.75) is 0 Å². The maximum absolute atomic E-state index is 5.95. The van der Waals surface area contributed by atoms with Crippen molar-refractivity contribution in [3.05, 3.63) is 81.9 Å². The SMILES string of the molecule is C1=c2ccccc2=c2c(ccc3ccc4c(c23)N(c2ncc[nH]2)CN=4)O1. The lowest BCUT2D eigenvalue weighted by molar-refractivity contribution is 0.532. The molecule has 26 heavy (non-hydrogen) atoms. The summed E-state index contributed by atoms with van der Waals surface area (Å²) in [7, 11) is 0. The van der Waals surface area contributed by atoms with E-state index in [1.54, 1.807) is 6.20 Å². The van der Waals surface area contributed by atoms with Crippen molar-refractivity contribution in [1.29, 1.82) is 0 Å². The Bertz CT molecular complexity index is 1390. The Morgan fingerprint density at radius 1 is 1.04 bits per heavy atom. The average Bonchev–Trinajstić information content (AvgIpc) is 3.36. The normalized spacial score (nSPS) is 14.1. The number of H-pyrrole nitrogens is 1. The third kappa shape index (κ3) is 1.74. The number of rotatable bonds is 1. The van der Waals surface area contributed by atoms with Crippen molar-refractivity contribution in [2.75, 3.05) is 11.6 Å². The summed E-state index contributed by atoms with van der Waals surface area (Å²) in [6.07, 6.45) is 5.42. The van der Waals surface area contributed by atoms with Crippen LogP contribution in [0.25, 0.3) is 17.0 Å². The van der Waals surface area contributed by atoms with Gasteiger partial charge in [-0.1, -0.05) is 36.4 Å². The maximum Gasteiger partial charge on any atom is 0.208 e. The number of ether oxygens (including phenoxy) is 1. The van der Waals surface area contributed by atoms with Crippen molar-refractivity contribution in [2.24, 2.45) is 4.99 Å². The first-order valence-electron chi connectivity index (χ1n) is 8.53. The van der Waals surface area contributed by atoms with E-state index in [1.165, 1.54) is 5.22 Å². The zero-order valence-corrected chi connectivity index (χ0v) is 13.8. The van der Waals surface area contributed by atoms with Crippen LogP contribution in [0.15, 0.2) is 65.9 Å². The summed E-state index contributed by atoms with van der Waals surface area (Å²) in [6, 6.07) is 16.7. The van der Waals surface area contributed by atoms with E-state index in [2.05, 4.69) is 51.3 Å². The van der Waals surface area contributed by atoms with Crippen LogP contribution in [0.5, 0.6) is 5.75 Å². The van der Waals surface area contributed by atoms with E-state index in [-0.39, 0.29) is 0 Å². The lowest BCUT2D eigenvalue weighted by Crippen LogP contribution is -2.18. The van der Waals surface area contributed by atoms with Crippen molar-refractivity contribution in [3.8, 4) is 5.75 Å². The molecule has 0 radical (unpaired) electrons. The molecule has 2 aliphatic rings. The van der Waals surface area contributed by atoms with Crippen LogP contribution >= 0.6 is 0 Å². The van der Waals surface area contributed by atoms with Crippen LogP contribution < -0.4 is 20.2 Å². The van der Waals surface area contributed by atoms with Crippen LogP contribution in [0.2, 0.25) is 0 Å². The zero-order chi connectivity index (χ0) is 17.1. The van der Waals surface area contributed by atoms with Gasteiger partial charge in [0.1, 0.15) is 12.4 Å². The van der Waals surface area contributed by atoms with Gasteiger partial charge in [-0.15, -0.1) is 0 Å². The molecule has 0 bridgehead atoms. The van der Waals surface area contributed by atoms with E-state index in [1.807, 2.05) is 24.6 Å². The Balaban J connectivity index is 1.88. The Hall–Kier alpha value is -3.60. The number of hydrogen-bond acceptors (Lipinski definition) is 4. The van der Waals surface area contributed by atoms with E-state index >= 15 is 0 Å². The summed E-state index contributed by atoms with van der Waals surface area (Å²) < 4.78 is 5.95. The topological polar surface area (TPSA) is 53.5 Å². The molecule has 124 valence electrons. The van der Waals surface area contributed by atoms with Crippen LogP contribution in [-0.4, -0.2) is 16.6 Å². The molecule has 3 heterocycles. The number of nitrogens with zero attached hydrogens (tertiary/aromatic N) is 3. The van der Waals surface area contributed by atoms with E-state index < -0.39 is 0 Å². The Kier molecular flexibility index (Phi) is 2.60. The largest absolute Gasteiger partial charge is 0.464 e. The fourth-order valence-electron chi connectivity index (χ4n) is 3.89. The molecule has 0 saturated heterocycles. The highest BCUT2D eigenvalue weighted by molar-refractivity contribution is 5.97. The molecule has 5 heteroatoms. The second-order valence-corrected chi connectivity index (χ2v) is 6.43. The van der Waals surface area contributed by atoms with Crippen LogP contribution in [0.3, 0.4) is 0 Å². The van der Waals surface area contributed by atoms with Gasteiger partial charge in [-0.3, -0.25) is 9.89 Å². The standard InChI is InChI=1S/C21H14N4O/c1-2-4-15-14(3-1)11-26-17-8-6-13-5-7-16-20(18(13)19(15)17)25(12-24-16)21-22-9-10-23-21/h1-11H,12H2,(H,22,23). The first-order chi connectivity index (χ1) is 12.9. The fraction of sp³-hybridized carbons (Fsp3) is 0.0476. The molecule has 1 N–H and O–H groups in total. The van der Waals surface area contributed by atoms with Crippen molar-refractivity contribution in [3.63, 3.8) is 0 Å². The minimum Gasteiger partial charge on any atom is -0.464 e. The molecule has 0 fully saturated rings. The van der Waals surface area contributed by atoms with Gasteiger partial charge in [0.05, 0.1) is 17.3 Å². The quantitative estimate of drug-likeness (QED) is 0.581. The number of anilines is 2. The molecular formula is C21H14N4O. The van der Waals surface area contributed by atoms with Gasteiger partial charge in [0.25, 0.3) is 0 Å². The van der Waals surface area contributed by atoms with Crippen LogP contribution in [0, 0.1) is 10.4 Å². The number of fused-ring (bicyclic) bond motifs is 6. The number of aromatic nitrogens is 2. The van der Waals surface area contributed by atoms with Gasteiger partial charge in [0.15, 0.2) is 0 Å². The van der Waals surface area contributed by atoms with E-state index in [0.717, 1.165) is 44.0 Å². The Morgan fingerprint density at radius 3 is 2.88 bits per heavy atom. The molecule has 0 spiro atoms. The third-order valence-corrected chi connectivity index (χ3v) is 5.03. The zero-order valence-electron chi connectivity index (χ0n) is 13.8. The van der Waals surface area contributed by atoms with Gasteiger partial charge >= 0.3 is 0 Å². The first kappa shape index (κ1) is 13.7. The van der Waals surface area contributed by atoms with Gasteiger partial charge in [-0.2, -0.15) is 0 Å². The fourth-order valence-corrected chi connectivity index (χ4v) is 3.89. The maximum atomic E-state index is 5.95. The van der Waals surface area contributed by atoms with Gasteiger partial charge in [-0.25, -0.2) is 4.98 Å². The van der Waals surface area contributed by atoms with Crippen molar-refractivity contribution < 1.29 is 4.74 Å². The minimum absolute atomic E-state index is 0.556. The van der Waals surface area contributed by atoms with Crippen LogP contribution in [0.1, 0.15) is 0 Å². The highest BCUT2D eigenvalue weighted by Crippen LogP contribution is 2.34. The smallest absolute Gasteiger partial charge is 0.208 e. The molecule has 0 amide bonds. The first-order valence-corrected chi connectivity index (χ1v) is 8.53. The lowest BCUT2D eigenvalue weighted by Gasteiger charge is -2.18. The highest BCUT2D eigenvalue weighted by atomic mass is 16.5. The molecule has 0 aliphatic carbocycles. The van der Waals surface area contributed by atoms with E-state index in [0.29, 0.717) is 6.67 Å². The van der Waals surface area contributed by atoms with E-state index in [4.69, 9.17) is 9.73 Å². The summed E-state index contributed by atoms with van der Waals surface area (Å²) in [5.41, 5.74) is 1.08. The van der Waals surface area contributed by atoms with E-state index in [9.17, 15) is 0 Å². The van der Waals surface area contributed by atoms with Gasteiger partial charge in [0.2, 0.25) is 5.95 Å². The second-order valence-electron chi connectivity index (χ2n) is 6.43. The molecule has 1 aromatic heterocycles. The molecule has 0 unspecified atom stereocenters. The summed E-state index contributed by atoms with van der Waals surface area (Å²) in [5, 5.41) is 6.68. The third-order valence-electron chi connectivity index (χ3n) is 5.03. The Morgan fingerprint density at radius 2 is 1.96 bits per heavy atom. The molecule has 6 rings (SSSR count). The summed E-state index contributed by atoms with van der Waals surface area (Å²) in [4.78, 5) is 14.5. The van der Waals surface area contributed by atoms with Gasteiger partial charge in [0, 0.05) is 28.2 Å². The monoisotopic (exact) mass is 338 g/mol. The summed E-state index contributed by atoms with van der Waals surface area (Å²) >= 11 is 0. The molecule has 5 nitrogen and oxygen atoms in total. The second kappa shape index (κ2) is 4.95. The molecule has 2 aliphatic heterocycles. The van der Waals surface area contributed by atoms with Crippen LogP contribution in [-0.2, 0) is 0 Å². The summed E-state index contributed by atoms with van der Waals surface area (Å²) in [5.74, 6) is 1.67. The predicted molar refractivity (Wildman–Crippen MR) is 99.5 cm³/mol. The predicted octanol–water partition coefficient (Wildman–Crippen LogP) is 2.71. The van der Waals surface area contributed by atoms with Gasteiger partial charge in [-0.05, 0) is 22.7 Å².